The van der Waals surface area contributed by atoms with Crippen LogP contribution in [-0.4, -0.2) is 37.2 Å². The molecule has 0 saturated carbocycles. The minimum atomic E-state index is -0.786. The molecule has 0 rings (SSSR count). The van der Waals surface area contributed by atoms with Gasteiger partial charge in [-0.25, -0.2) is 0 Å². The molecule has 6 nitrogen and oxygen atoms in total. The summed E-state index contributed by atoms with van der Waals surface area (Å²) < 4.78 is 16.9. The van der Waals surface area contributed by atoms with Crippen molar-refractivity contribution in [1.82, 2.24) is 0 Å². The van der Waals surface area contributed by atoms with Gasteiger partial charge in [-0.2, -0.15) is 0 Å². The van der Waals surface area contributed by atoms with Gasteiger partial charge in [0.25, 0.3) is 0 Å². The van der Waals surface area contributed by atoms with Crippen LogP contribution >= 0.6 is 0 Å². The summed E-state index contributed by atoms with van der Waals surface area (Å²) in [5.74, 6) is -0.888. The maximum absolute atomic E-state index is 12.9. The predicted molar refractivity (Wildman–Crippen MR) is 339 cm³/mol. The molecular formula is C72H122O6. The summed E-state index contributed by atoms with van der Waals surface area (Å²) in [4.78, 5) is 38.3. The van der Waals surface area contributed by atoms with Crippen molar-refractivity contribution in [3.8, 4) is 0 Å². The van der Waals surface area contributed by atoms with Gasteiger partial charge in [0.2, 0.25) is 0 Å². The van der Waals surface area contributed by atoms with E-state index in [0.29, 0.717) is 19.3 Å². The molecule has 0 aromatic rings. The summed E-state index contributed by atoms with van der Waals surface area (Å²) in [6.45, 7) is 6.51. The number of carbonyl (C=O) groups excluding carboxylic acids is 3. The number of unbranched alkanes of at least 4 members (excludes halogenated alkanes) is 30. The lowest BCUT2D eigenvalue weighted by atomic mass is 10.0. The Labute approximate surface area is 482 Å². The number of allylic oxidation sites excluding steroid dienone is 18. The maximum Gasteiger partial charge on any atom is 0.306 e. The van der Waals surface area contributed by atoms with Crippen molar-refractivity contribution in [3.63, 3.8) is 0 Å². The molecule has 1 atom stereocenters. The number of ether oxygens (including phenoxy) is 3. The molecule has 0 aromatic heterocycles. The minimum Gasteiger partial charge on any atom is -0.462 e. The van der Waals surface area contributed by atoms with Crippen LogP contribution in [0.3, 0.4) is 0 Å². The molecular weight excluding hydrogens is 961 g/mol. The predicted octanol–water partition coefficient (Wildman–Crippen LogP) is 22.6. The third-order valence-corrected chi connectivity index (χ3v) is 14.0. The fourth-order valence-corrected chi connectivity index (χ4v) is 9.10. The topological polar surface area (TPSA) is 78.9 Å². The van der Waals surface area contributed by atoms with Gasteiger partial charge in [-0.15, -0.1) is 0 Å². The van der Waals surface area contributed by atoms with Gasteiger partial charge in [0, 0.05) is 19.3 Å². The Kier molecular flexibility index (Phi) is 62.3. The number of hydrogen-bond acceptors (Lipinski definition) is 6. The lowest BCUT2D eigenvalue weighted by Crippen LogP contribution is -2.30. The molecule has 1 unspecified atom stereocenters. The Morgan fingerprint density at radius 2 is 0.500 bits per heavy atom. The smallest absolute Gasteiger partial charge is 0.306 e. The first-order valence-electron chi connectivity index (χ1n) is 32.9. The Morgan fingerprint density at radius 1 is 0.269 bits per heavy atom. The van der Waals surface area contributed by atoms with E-state index in [1.165, 1.54) is 154 Å². The van der Waals surface area contributed by atoms with Crippen molar-refractivity contribution in [1.29, 1.82) is 0 Å². The van der Waals surface area contributed by atoms with Crippen molar-refractivity contribution in [2.24, 2.45) is 0 Å². The summed E-state index contributed by atoms with van der Waals surface area (Å²) in [7, 11) is 0. The van der Waals surface area contributed by atoms with Crippen LogP contribution < -0.4 is 0 Å². The molecule has 0 radical (unpaired) electrons. The SMILES string of the molecule is CC/C=C\C/C=C\C/C=C\C/C=C\C/C=C\C/C=C\C/C=C\CCCCCCCCCC(=O)OCC(COC(=O)CCCCCCCCCCCCCC)OC(=O)CCCCCCCCCCC/C=C\C/C=C\CCCCC. The number of rotatable bonds is 59. The molecule has 0 aliphatic heterocycles. The highest BCUT2D eigenvalue weighted by molar-refractivity contribution is 5.71. The van der Waals surface area contributed by atoms with Crippen molar-refractivity contribution in [2.75, 3.05) is 13.2 Å². The highest BCUT2D eigenvalue weighted by Gasteiger charge is 2.19. The average molecular weight is 1080 g/mol. The van der Waals surface area contributed by atoms with E-state index in [1.54, 1.807) is 0 Å². The van der Waals surface area contributed by atoms with Gasteiger partial charge < -0.3 is 14.2 Å². The average Bonchev–Trinajstić information content (AvgIpc) is 3.44. The number of hydrogen-bond donors (Lipinski definition) is 0. The standard InChI is InChI=1S/C72H122O6/c1-4-7-10-13-16-19-22-25-27-29-31-32-33-34-35-36-37-38-39-40-42-43-45-47-50-53-56-59-62-65-71(74)77-68-69(67-76-70(73)64-61-58-55-52-49-24-21-18-15-12-9-6-3)78-72(75)66-63-60-57-54-51-48-46-44-41-30-28-26-23-20-17-14-11-8-5-2/h7,10,16-17,19-20,25-28,31-32,34-35,37-38,40,42,69H,4-6,8-9,11-15,18,21-24,29-30,33,36,39,41,43-68H2,1-3H3/b10-7-,19-16-,20-17-,27-25-,28-26-,32-31-,35-34-,38-37-,42-40-. The largest absolute Gasteiger partial charge is 0.462 e. The van der Waals surface area contributed by atoms with Crippen molar-refractivity contribution >= 4 is 17.9 Å². The second kappa shape index (κ2) is 65.6. The molecule has 78 heavy (non-hydrogen) atoms. The highest BCUT2D eigenvalue weighted by atomic mass is 16.6. The van der Waals surface area contributed by atoms with E-state index in [0.717, 1.165) is 116 Å². The minimum absolute atomic E-state index is 0.0811. The molecule has 6 heteroatoms. The second-order valence-corrected chi connectivity index (χ2v) is 21.6. The van der Waals surface area contributed by atoms with E-state index in [4.69, 9.17) is 14.2 Å². The molecule has 0 heterocycles. The van der Waals surface area contributed by atoms with Crippen molar-refractivity contribution in [2.45, 2.75) is 316 Å². The zero-order valence-corrected chi connectivity index (χ0v) is 51.2. The van der Waals surface area contributed by atoms with Gasteiger partial charge in [-0.1, -0.05) is 291 Å². The van der Waals surface area contributed by atoms with Gasteiger partial charge >= 0.3 is 17.9 Å². The van der Waals surface area contributed by atoms with E-state index < -0.39 is 6.10 Å². The fourth-order valence-electron chi connectivity index (χ4n) is 9.10. The van der Waals surface area contributed by atoms with E-state index in [9.17, 15) is 14.4 Å². The first-order valence-corrected chi connectivity index (χ1v) is 32.9. The van der Waals surface area contributed by atoms with Crippen molar-refractivity contribution in [3.05, 3.63) is 109 Å². The molecule has 0 spiro atoms. The van der Waals surface area contributed by atoms with E-state index in [-0.39, 0.29) is 31.1 Å². The lowest BCUT2D eigenvalue weighted by Gasteiger charge is -2.18. The first-order chi connectivity index (χ1) is 38.5. The molecule has 446 valence electrons. The van der Waals surface area contributed by atoms with Gasteiger partial charge in [0.15, 0.2) is 6.10 Å². The second-order valence-electron chi connectivity index (χ2n) is 21.6. The van der Waals surface area contributed by atoms with Crippen LogP contribution in [0.5, 0.6) is 0 Å². The summed E-state index contributed by atoms with van der Waals surface area (Å²) in [5.41, 5.74) is 0. The molecule has 0 bridgehead atoms. The zero-order chi connectivity index (χ0) is 56.4. The van der Waals surface area contributed by atoms with E-state index >= 15 is 0 Å². The maximum atomic E-state index is 12.9. The summed E-state index contributed by atoms with van der Waals surface area (Å²) in [6.07, 6.45) is 89.5. The fraction of sp³-hybridized carbons (Fsp3) is 0.708. The van der Waals surface area contributed by atoms with Gasteiger partial charge in [-0.3, -0.25) is 14.4 Å². The van der Waals surface area contributed by atoms with Crippen LogP contribution in [0.1, 0.15) is 310 Å². The van der Waals surface area contributed by atoms with Crippen LogP contribution in [0.2, 0.25) is 0 Å². The van der Waals surface area contributed by atoms with Crippen LogP contribution in [0.4, 0.5) is 0 Å². The molecule has 0 N–H and O–H groups in total. The molecule has 0 aliphatic carbocycles. The Bertz CT molecular complexity index is 1570. The number of esters is 3. The van der Waals surface area contributed by atoms with E-state index in [1.807, 2.05) is 0 Å². The first kappa shape index (κ1) is 74.1. The Balaban J connectivity index is 4.32. The molecule has 0 fully saturated rings. The quantitative estimate of drug-likeness (QED) is 0.0261. The zero-order valence-electron chi connectivity index (χ0n) is 51.2. The van der Waals surface area contributed by atoms with Gasteiger partial charge in [0.1, 0.15) is 13.2 Å². The third kappa shape index (κ3) is 62.9. The van der Waals surface area contributed by atoms with Crippen LogP contribution in [0.25, 0.3) is 0 Å². The molecule has 0 saturated heterocycles. The van der Waals surface area contributed by atoms with E-state index in [2.05, 4.69) is 130 Å². The summed E-state index contributed by atoms with van der Waals surface area (Å²) in [6, 6.07) is 0. The summed E-state index contributed by atoms with van der Waals surface area (Å²) in [5, 5.41) is 0. The third-order valence-electron chi connectivity index (χ3n) is 14.0. The van der Waals surface area contributed by atoms with Crippen LogP contribution in [0.15, 0.2) is 109 Å². The Hall–Kier alpha value is -3.93. The van der Waals surface area contributed by atoms with Crippen LogP contribution in [0, 0.1) is 0 Å². The molecule has 0 aromatic carbocycles. The van der Waals surface area contributed by atoms with Crippen molar-refractivity contribution < 1.29 is 28.6 Å². The van der Waals surface area contributed by atoms with Gasteiger partial charge in [0.05, 0.1) is 0 Å². The molecule has 0 amide bonds. The number of carbonyl (C=O) groups is 3. The summed E-state index contributed by atoms with van der Waals surface area (Å²) >= 11 is 0. The van der Waals surface area contributed by atoms with Crippen LogP contribution in [-0.2, 0) is 28.6 Å². The highest BCUT2D eigenvalue weighted by Crippen LogP contribution is 2.16. The lowest BCUT2D eigenvalue weighted by molar-refractivity contribution is -0.167. The monoisotopic (exact) mass is 1080 g/mol. The Morgan fingerprint density at radius 3 is 0.808 bits per heavy atom. The normalized spacial score (nSPS) is 12.8. The van der Waals surface area contributed by atoms with Gasteiger partial charge in [-0.05, 0) is 109 Å². The molecule has 0 aliphatic rings.